The summed E-state index contributed by atoms with van der Waals surface area (Å²) in [6.07, 6.45) is 1.57. The van der Waals surface area contributed by atoms with E-state index in [0.717, 1.165) is 25.3 Å². The zero-order valence-electron chi connectivity index (χ0n) is 10.9. The average Bonchev–Trinajstić information content (AvgIpc) is 2.34. The highest BCUT2D eigenvalue weighted by molar-refractivity contribution is 5.75. The minimum atomic E-state index is 0.245. The Balaban J connectivity index is 2.41. The number of nitrogens with zero attached hydrogens (tertiary/aromatic N) is 1. The van der Waals surface area contributed by atoms with E-state index in [1.54, 1.807) is 14.0 Å². The maximum atomic E-state index is 10.9. The fourth-order valence-corrected chi connectivity index (χ4v) is 1.68. The van der Waals surface area contributed by atoms with Crippen LogP contribution in [0.4, 0.5) is 0 Å². The Morgan fingerprint density at radius 1 is 1.29 bits per heavy atom. The first kappa shape index (κ1) is 13.7. The Morgan fingerprint density at radius 2 is 2.00 bits per heavy atom. The first-order valence-electron chi connectivity index (χ1n) is 5.93. The highest BCUT2D eigenvalue weighted by atomic mass is 16.5. The largest absolute Gasteiger partial charge is 0.496 e. The van der Waals surface area contributed by atoms with Crippen LogP contribution in [0, 0.1) is 0 Å². The van der Waals surface area contributed by atoms with Crippen molar-refractivity contribution < 1.29 is 9.53 Å². The SMILES string of the molecule is COc1ccccc1CCN(C)CCC(C)=O. The van der Waals surface area contributed by atoms with Gasteiger partial charge in [0.15, 0.2) is 0 Å². The van der Waals surface area contributed by atoms with Crippen LogP contribution >= 0.6 is 0 Å². The molecule has 0 spiro atoms. The number of rotatable bonds is 7. The van der Waals surface area contributed by atoms with Crippen LogP contribution in [0.25, 0.3) is 0 Å². The van der Waals surface area contributed by atoms with Gasteiger partial charge < -0.3 is 9.64 Å². The molecule has 0 saturated carbocycles. The van der Waals surface area contributed by atoms with E-state index in [2.05, 4.69) is 11.0 Å². The summed E-state index contributed by atoms with van der Waals surface area (Å²) in [6, 6.07) is 8.05. The van der Waals surface area contributed by atoms with Crippen molar-refractivity contribution in [1.29, 1.82) is 0 Å². The van der Waals surface area contributed by atoms with Gasteiger partial charge in [0.25, 0.3) is 0 Å². The minimum absolute atomic E-state index is 0.245. The lowest BCUT2D eigenvalue weighted by atomic mass is 10.1. The average molecular weight is 235 g/mol. The smallest absolute Gasteiger partial charge is 0.131 e. The van der Waals surface area contributed by atoms with Gasteiger partial charge in [-0.3, -0.25) is 4.79 Å². The van der Waals surface area contributed by atoms with Crippen molar-refractivity contribution in [3.05, 3.63) is 29.8 Å². The van der Waals surface area contributed by atoms with Crippen LogP contribution in [-0.4, -0.2) is 37.9 Å². The highest BCUT2D eigenvalue weighted by Crippen LogP contribution is 2.17. The summed E-state index contributed by atoms with van der Waals surface area (Å²) in [7, 11) is 3.73. The molecule has 1 rings (SSSR count). The van der Waals surface area contributed by atoms with Gasteiger partial charge in [-0.15, -0.1) is 0 Å². The van der Waals surface area contributed by atoms with Crippen LogP contribution in [0.1, 0.15) is 18.9 Å². The van der Waals surface area contributed by atoms with Crippen molar-refractivity contribution in [2.45, 2.75) is 19.8 Å². The predicted molar refractivity (Wildman–Crippen MR) is 69.5 cm³/mol. The van der Waals surface area contributed by atoms with Crippen LogP contribution in [0.3, 0.4) is 0 Å². The van der Waals surface area contributed by atoms with Crippen LogP contribution in [-0.2, 0) is 11.2 Å². The molecule has 0 aliphatic carbocycles. The van der Waals surface area contributed by atoms with Crippen molar-refractivity contribution >= 4 is 5.78 Å². The summed E-state index contributed by atoms with van der Waals surface area (Å²) >= 11 is 0. The first-order chi connectivity index (χ1) is 8.13. The number of ketones is 1. The molecule has 0 aromatic heterocycles. The van der Waals surface area contributed by atoms with E-state index in [4.69, 9.17) is 4.74 Å². The molecule has 0 aliphatic rings. The molecule has 0 fully saturated rings. The monoisotopic (exact) mass is 235 g/mol. The van der Waals surface area contributed by atoms with E-state index in [1.165, 1.54) is 5.56 Å². The number of likely N-dealkylation sites (N-methyl/N-ethyl adjacent to an activating group) is 1. The third kappa shape index (κ3) is 5.00. The second-order valence-corrected chi connectivity index (χ2v) is 4.32. The number of carbonyl (C=O) groups is 1. The molecule has 0 aliphatic heterocycles. The molecular weight excluding hydrogens is 214 g/mol. The second-order valence-electron chi connectivity index (χ2n) is 4.32. The molecular formula is C14H21NO2. The van der Waals surface area contributed by atoms with Crippen molar-refractivity contribution in [2.24, 2.45) is 0 Å². The number of methoxy groups -OCH3 is 1. The lowest BCUT2D eigenvalue weighted by Crippen LogP contribution is -2.23. The van der Waals surface area contributed by atoms with Gasteiger partial charge in [-0.2, -0.15) is 0 Å². The lowest BCUT2D eigenvalue weighted by Gasteiger charge is -2.16. The summed E-state index contributed by atoms with van der Waals surface area (Å²) < 4.78 is 5.30. The molecule has 0 amide bonds. The van der Waals surface area contributed by atoms with Crippen molar-refractivity contribution in [2.75, 3.05) is 27.2 Å². The molecule has 0 bridgehead atoms. The summed E-state index contributed by atoms with van der Waals surface area (Å²) in [4.78, 5) is 13.1. The number of carbonyl (C=O) groups excluding carboxylic acids is 1. The minimum Gasteiger partial charge on any atom is -0.496 e. The Hall–Kier alpha value is -1.35. The highest BCUT2D eigenvalue weighted by Gasteiger charge is 2.04. The Morgan fingerprint density at radius 3 is 2.65 bits per heavy atom. The normalized spacial score (nSPS) is 10.6. The molecule has 0 radical (unpaired) electrons. The molecule has 1 aromatic carbocycles. The van der Waals surface area contributed by atoms with Gasteiger partial charge in [-0.25, -0.2) is 0 Å². The molecule has 0 unspecified atom stereocenters. The van der Waals surface area contributed by atoms with Gasteiger partial charge in [0.05, 0.1) is 7.11 Å². The first-order valence-corrected chi connectivity index (χ1v) is 5.93. The zero-order chi connectivity index (χ0) is 12.7. The Labute approximate surface area is 103 Å². The van der Waals surface area contributed by atoms with Gasteiger partial charge >= 0.3 is 0 Å². The second kappa shape index (κ2) is 7.07. The molecule has 0 atom stereocenters. The van der Waals surface area contributed by atoms with Gasteiger partial charge in [0.1, 0.15) is 11.5 Å². The maximum Gasteiger partial charge on any atom is 0.131 e. The summed E-state index contributed by atoms with van der Waals surface area (Å²) in [5.41, 5.74) is 1.21. The molecule has 3 heteroatoms. The van der Waals surface area contributed by atoms with E-state index in [0.29, 0.717) is 6.42 Å². The van der Waals surface area contributed by atoms with Crippen LogP contribution in [0.2, 0.25) is 0 Å². The quantitative estimate of drug-likeness (QED) is 0.725. The number of hydrogen-bond donors (Lipinski definition) is 0. The van der Waals surface area contributed by atoms with Crippen molar-refractivity contribution in [3.8, 4) is 5.75 Å². The van der Waals surface area contributed by atoms with Crippen molar-refractivity contribution in [3.63, 3.8) is 0 Å². The Bertz CT molecular complexity index is 363. The van der Waals surface area contributed by atoms with E-state index in [9.17, 15) is 4.79 Å². The lowest BCUT2D eigenvalue weighted by molar-refractivity contribution is -0.117. The number of para-hydroxylation sites is 1. The molecule has 17 heavy (non-hydrogen) atoms. The van der Waals surface area contributed by atoms with Crippen LogP contribution in [0.5, 0.6) is 5.75 Å². The standard InChI is InChI=1S/C14H21NO2/c1-12(16)8-10-15(2)11-9-13-6-4-5-7-14(13)17-3/h4-7H,8-11H2,1-3H3. The van der Waals surface area contributed by atoms with Crippen molar-refractivity contribution in [1.82, 2.24) is 4.90 Å². The van der Waals surface area contributed by atoms with Gasteiger partial charge in [-0.05, 0) is 32.0 Å². The Kier molecular flexibility index (Phi) is 5.70. The number of ether oxygens (including phenoxy) is 1. The fraction of sp³-hybridized carbons (Fsp3) is 0.500. The summed E-state index contributed by atoms with van der Waals surface area (Å²) in [5.74, 6) is 1.18. The molecule has 3 nitrogen and oxygen atoms in total. The number of Topliss-reactive ketones (excluding diaryl/α,β-unsaturated/α-hetero) is 1. The molecule has 0 N–H and O–H groups in total. The van der Waals surface area contributed by atoms with Crippen LogP contribution in [0.15, 0.2) is 24.3 Å². The number of hydrogen-bond acceptors (Lipinski definition) is 3. The van der Waals surface area contributed by atoms with Gasteiger partial charge in [0, 0.05) is 19.5 Å². The maximum absolute atomic E-state index is 10.9. The van der Waals surface area contributed by atoms with E-state index in [-0.39, 0.29) is 5.78 Å². The van der Waals surface area contributed by atoms with Gasteiger partial charge in [0.2, 0.25) is 0 Å². The third-order valence-corrected chi connectivity index (χ3v) is 2.80. The van der Waals surface area contributed by atoms with Crippen LogP contribution < -0.4 is 4.74 Å². The summed E-state index contributed by atoms with van der Waals surface area (Å²) in [5, 5.41) is 0. The van der Waals surface area contributed by atoms with E-state index >= 15 is 0 Å². The molecule has 0 heterocycles. The molecule has 0 saturated heterocycles. The fourth-order valence-electron chi connectivity index (χ4n) is 1.68. The third-order valence-electron chi connectivity index (χ3n) is 2.80. The summed E-state index contributed by atoms with van der Waals surface area (Å²) in [6.45, 7) is 3.40. The van der Waals surface area contributed by atoms with Gasteiger partial charge in [-0.1, -0.05) is 18.2 Å². The zero-order valence-corrected chi connectivity index (χ0v) is 10.9. The number of benzene rings is 1. The van der Waals surface area contributed by atoms with E-state index < -0.39 is 0 Å². The van der Waals surface area contributed by atoms with E-state index in [1.807, 2.05) is 25.2 Å². The molecule has 94 valence electrons. The topological polar surface area (TPSA) is 29.5 Å². The molecule has 1 aromatic rings. The predicted octanol–water partition coefficient (Wildman–Crippen LogP) is 2.15.